The highest BCUT2D eigenvalue weighted by Crippen LogP contribution is 2.43. The molecule has 0 unspecified atom stereocenters. The summed E-state index contributed by atoms with van der Waals surface area (Å²) in [7, 11) is 0. The molecule has 0 bridgehead atoms. The van der Waals surface area contributed by atoms with Gasteiger partial charge in [-0.3, -0.25) is 9.59 Å². The lowest BCUT2D eigenvalue weighted by atomic mass is 10.1. The van der Waals surface area contributed by atoms with Crippen LogP contribution in [0.1, 0.15) is 15.9 Å². The Morgan fingerprint density at radius 2 is 2.06 bits per heavy atom. The van der Waals surface area contributed by atoms with Gasteiger partial charge in [0.05, 0.1) is 10.6 Å². The molecule has 3 rings (SSSR count). The van der Waals surface area contributed by atoms with Gasteiger partial charge in [0, 0.05) is 22.2 Å². The van der Waals surface area contributed by atoms with Crippen LogP contribution in [0.5, 0.6) is 0 Å². The normalized spacial score (nSPS) is 12.1. The molecule has 1 aromatic carbocycles. The quantitative estimate of drug-likeness (QED) is 0.678. The molecular formula is C12H8N2O2S. The molecule has 17 heavy (non-hydrogen) atoms. The Labute approximate surface area is 101 Å². The number of rotatable bonds is 2. The van der Waals surface area contributed by atoms with Crippen molar-refractivity contribution in [1.29, 1.82) is 0 Å². The molecule has 0 saturated carbocycles. The van der Waals surface area contributed by atoms with Crippen molar-refractivity contribution < 1.29 is 9.59 Å². The van der Waals surface area contributed by atoms with Gasteiger partial charge in [0.15, 0.2) is 5.78 Å². The van der Waals surface area contributed by atoms with E-state index in [9.17, 15) is 9.59 Å². The average molecular weight is 244 g/mol. The van der Waals surface area contributed by atoms with Gasteiger partial charge in [-0.05, 0) is 17.7 Å². The molecule has 1 heterocycles. The molecule has 0 aliphatic heterocycles. The minimum atomic E-state index is -0.0664. The number of nitrogens with one attached hydrogen (secondary N) is 1. The number of amides is 1. The van der Waals surface area contributed by atoms with Crippen LogP contribution in [0, 0.1) is 0 Å². The fraction of sp³-hybridized carbons (Fsp3) is 0. The Bertz CT molecular complexity index is 646. The minimum Gasteiger partial charge on any atom is -0.390 e. The van der Waals surface area contributed by atoms with Gasteiger partial charge in [0.2, 0.25) is 6.41 Å². The van der Waals surface area contributed by atoms with Gasteiger partial charge in [0.1, 0.15) is 0 Å². The molecule has 84 valence electrons. The number of carbonyl (C=O) groups is 2. The summed E-state index contributed by atoms with van der Waals surface area (Å²) in [5.41, 5.74) is 9.36. The predicted octanol–water partition coefficient (Wildman–Crippen LogP) is 2.11. The van der Waals surface area contributed by atoms with E-state index in [0.29, 0.717) is 28.2 Å². The molecule has 0 saturated heterocycles. The van der Waals surface area contributed by atoms with Crippen LogP contribution in [-0.2, 0) is 4.79 Å². The lowest BCUT2D eigenvalue weighted by Crippen LogP contribution is -2.00. The third-order valence-electron chi connectivity index (χ3n) is 2.83. The fourth-order valence-corrected chi connectivity index (χ4v) is 2.87. The van der Waals surface area contributed by atoms with Crippen LogP contribution in [0.2, 0.25) is 0 Å². The maximum absolute atomic E-state index is 12.1. The van der Waals surface area contributed by atoms with Gasteiger partial charge in [-0.1, -0.05) is 6.07 Å². The zero-order chi connectivity index (χ0) is 12.0. The summed E-state index contributed by atoms with van der Waals surface area (Å²) in [6, 6.07) is 5.27. The fourth-order valence-electron chi connectivity index (χ4n) is 2.06. The van der Waals surface area contributed by atoms with E-state index >= 15 is 0 Å². The molecule has 3 N–H and O–H groups in total. The van der Waals surface area contributed by atoms with Crippen LogP contribution in [0.15, 0.2) is 23.6 Å². The summed E-state index contributed by atoms with van der Waals surface area (Å²) >= 11 is 1.37. The van der Waals surface area contributed by atoms with Crippen molar-refractivity contribution in [1.82, 2.24) is 0 Å². The molecule has 1 amide bonds. The third-order valence-corrected chi connectivity index (χ3v) is 3.64. The van der Waals surface area contributed by atoms with E-state index in [-0.39, 0.29) is 5.78 Å². The summed E-state index contributed by atoms with van der Waals surface area (Å²) < 4.78 is 0. The second-order valence-electron chi connectivity index (χ2n) is 3.74. The Morgan fingerprint density at radius 1 is 1.24 bits per heavy atom. The van der Waals surface area contributed by atoms with Crippen molar-refractivity contribution >= 4 is 34.2 Å². The highest BCUT2D eigenvalue weighted by molar-refractivity contribution is 7.15. The minimum absolute atomic E-state index is 0.0664. The van der Waals surface area contributed by atoms with Crippen LogP contribution >= 0.6 is 11.3 Å². The number of thiophene rings is 1. The third kappa shape index (κ3) is 1.29. The van der Waals surface area contributed by atoms with Crippen LogP contribution in [0.3, 0.4) is 0 Å². The molecule has 0 radical (unpaired) electrons. The van der Waals surface area contributed by atoms with Crippen molar-refractivity contribution in [3.63, 3.8) is 0 Å². The second kappa shape index (κ2) is 3.43. The highest BCUT2D eigenvalue weighted by Gasteiger charge is 2.30. The first kappa shape index (κ1) is 10.0. The summed E-state index contributed by atoms with van der Waals surface area (Å²) in [5.74, 6) is -0.0664. The molecule has 5 heteroatoms. The zero-order valence-electron chi connectivity index (χ0n) is 8.69. The van der Waals surface area contributed by atoms with Crippen molar-refractivity contribution in [2.75, 3.05) is 11.1 Å². The Balaban J connectivity index is 2.20. The van der Waals surface area contributed by atoms with Crippen LogP contribution in [0.25, 0.3) is 11.1 Å². The number of fused-ring (bicyclic) bond motifs is 3. The van der Waals surface area contributed by atoms with E-state index in [1.54, 1.807) is 12.1 Å². The van der Waals surface area contributed by atoms with Gasteiger partial charge in [-0.25, -0.2) is 0 Å². The van der Waals surface area contributed by atoms with Crippen molar-refractivity contribution in [3.8, 4) is 11.1 Å². The van der Waals surface area contributed by atoms with Crippen molar-refractivity contribution in [2.45, 2.75) is 0 Å². The number of ketones is 1. The molecule has 0 fully saturated rings. The summed E-state index contributed by atoms with van der Waals surface area (Å²) in [6.45, 7) is 0. The van der Waals surface area contributed by atoms with E-state index in [2.05, 4.69) is 5.32 Å². The van der Waals surface area contributed by atoms with Crippen LogP contribution in [-0.4, -0.2) is 12.2 Å². The number of hydrogen-bond acceptors (Lipinski definition) is 4. The maximum Gasteiger partial charge on any atom is 0.211 e. The lowest BCUT2D eigenvalue weighted by molar-refractivity contribution is -0.105. The molecule has 0 atom stereocenters. The first-order valence-electron chi connectivity index (χ1n) is 4.98. The van der Waals surface area contributed by atoms with E-state index in [0.717, 1.165) is 11.1 Å². The Morgan fingerprint density at radius 3 is 2.82 bits per heavy atom. The molecule has 1 aromatic heterocycles. The SMILES string of the molecule is Nc1scc2c1C(=O)c1cc(NC=O)ccc1-2. The monoisotopic (exact) mass is 244 g/mol. The largest absolute Gasteiger partial charge is 0.390 e. The zero-order valence-corrected chi connectivity index (χ0v) is 9.51. The van der Waals surface area contributed by atoms with E-state index in [1.165, 1.54) is 11.3 Å². The van der Waals surface area contributed by atoms with E-state index in [4.69, 9.17) is 5.73 Å². The number of carbonyl (C=O) groups excluding carboxylic acids is 2. The number of benzene rings is 1. The van der Waals surface area contributed by atoms with Gasteiger partial charge in [-0.2, -0.15) is 0 Å². The first-order chi connectivity index (χ1) is 8.22. The molecular weight excluding hydrogens is 236 g/mol. The Kier molecular flexibility index (Phi) is 2.02. The Hall–Kier alpha value is -2.14. The van der Waals surface area contributed by atoms with Gasteiger partial charge in [0.25, 0.3) is 0 Å². The second-order valence-corrected chi connectivity index (χ2v) is 4.65. The average Bonchev–Trinajstić information content (AvgIpc) is 2.82. The van der Waals surface area contributed by atoms with Gasteiger partial charge >= 0.3 is 0 Å². The first-order valence-corrected chi connectivity index (χ1v) is 5.86. The van der Waals surface area contributed by atoms with Crippen LogP contribution in [0.4, 0.5) is 10.7 Å². The summed E-state index contributed by atoms with van der Waals surface area (Å²) in [5, 5.41) is 4.97. The predicted molar refractivity (Wildman–Crippen MR) is 67.3 cm³/mol. The number of nitrogen functional groups attached to an aromatic ring is 1. The highest BCUT2D eigenvalue weighted by atomic mass is 32.1. The van der Waals surface area contributed by atoms with E-state index < -0.39 is 0 Å². The van der Waals surface area contributed by atoms with Crippen molar-refractivity contribution in [3.05, 3.63) is 34.7 Å². The molecule has 4 nitrogen and oxygen atoms in total. The summed E-state index contributed by atoms with van der Waals surface area (Å²) in [6.07, 6.45) is 0.588. The maximum atomic E-state index is 12.1. The lowest BCUT2D eigenvalue weighted by Gasteiger charge is -2.02. The number of hydrogen-bond donors (Lipinski definition) is 2. The number of anilines is 2. The van der Waals surface area contributed by atoms with Gasteiger partial charge in [-0.15, -0.1) is 11.3 Å². The molecule has 1 aliphatic rings. The molecule has 1 aliphatic carbocycles. The van der Waals surface area contributed by atoms with E-state index in [1.807, 2.05) is 11.4 Å². The number of nitrogens with two attached hydrogens (primary N) is 1. The molecule has 0 spiro atoms. The molecule has 2 aromatic rings. The smallest absolute Gasteiger partial charge is 0.211 e. The van der Waals surface area contributed by atoms with Crippen molar-refractivity contribution in [2.24, 2.45) is 0 Å². The summed E-state index contributed by atoms with van der Waals surface area (Å²) in [4.78, 5) is 22.5. The van der Waals surface area contributed by atoms with Gasteiger partial charge < -0.3 is 11.1 Å². The standard InChI is InChI=1S/C12H8N2O2S/c13-12-10-9(4-17-12)7-2-1-6(14-5-15)3-8(7)11(10)16/h1-5H,13H2,(H,14,15). The van der Waals surface area contributed by atoms with Crippen LogP contribution < -0.4 is 11.1 Å². The topological polar surface area (TPSA) is 72.2 Å².